The van der Waals surface area contributed by atoms with E-state index in [1.807, 2.05) is 0 Å². The number of aryl methyl sites for hydroxylation is 2. The molecule has 2 rings (SSSR count). The van der Waals surface area contributed by atoms with Crippen molar-refractivity contribution < 1.29 is 9.90 Å². The van der Waals surface area contributed by atoms with Crippen molar-refractivity contribution in [2.24, 2.45) is 0 Å². The zero-order chi connectivity index (χ0) is 15.7. The number of nitrogens with zero attached hydrogens (tertiary/aromatic N) is 5. The number of rotatable bonds is 3. The van der Waals surface area contributed by atoms with Crippen molar-refractivity contribution in [3.8, 4) is 11.9 Å². The summed E-state index contributed by atoms with van der Waals surface area (Å²) in [6.45, 7) is 7.08. The highest BCUT2D eigenvalue weighted by Gasteiger charge is 2.20. The van der Waals surface area contributed by atoms with Gasteiger partial charge in [-0.2, -0.15) is 15.5 Å². The number of hydrogen-bond acceptors (Lipinski definition) is 5. The molecule has 0 spiro atoms. The van der Waals surface area contributed by atoms with Crippen LogP contribution in [0, 0.1) is 39.0 Å². The summed E-state index contributed by atoms with van der Waals surface area (Å²) in [5, 5.41) is 30.7. The summed E-state index contributed by atoms with van der Waals surface area (Å²) in [7, 11) is 0. The third-order valence-electron chi connectivity index (χ3n) is 3.52. The fourth-order valence-electron chi connectivity index (χ4n) is 2.17. The Morgan fingerprint density at radius 3 is 2.48 bits per heavy atom. The van der Waals surface area contributed by atoms with Crippen LogP contribution in [0.25, 0.3) is 5.82 Å². The molecular formula is C14H15N5O2. The molecule has 0 aliphatic carbocycles. The normalized spacial score (nSPS) is 10.4. The van der Waals surface area contributed by atoms with Crippen LogP contribution in [0.1, 0.15) is 33.8 Å². The van der Waals surface area contributed by atoms with Gasteiger partial charge in [-0.25, -0.2) is 4.68 Å². The van der Waals surface area contributed by atoms with Crippen LogP contribution >= 0.6 is 0 Å². The van der Waals surface area contributed by atoms with E-state index in [9.17, 15) is 10.1 Å². The fourth-order valence-corrected chi connectivity index (χ4v) is 2.17. The van der Waals surface area contributed by atoms with Crippen LogP contribution in [-0.2, 0) is 11.2 Å². The van der Waals surface area contributed by atoms with E-state index in [1.54, 1.807) is 27.7 Å². The van der Waals surface area contributed by atoms with Crippen molar-refractivity contribution in [1.29, 1.82) is 5.26 Å². The SMILES string of the molecule is Cc1nnc(-n2nc(C)c(CC(=O)O)c2C)c(C#N)c1C. The summed E-state index contributed by atoms with van der Waals surface area (Å²) in [4.78, 5) is 10.9. The van der Waals surface area contributed by atoms with Crippen molar-refractivity contribution in [3.05, 3.63) is 33.8 Å². The molecule has 2 aromatic rings. The summed E-state index contributed by atoms with van der Waals surface area (Å²) in [5.74, 6) is -0.592. The Morgan fingerprint density at radius 2 is 1.90 bits per heavy atom. The number of carbonyl (C=O) groups is 1. The third kappa shape index (κ3) is 2.48. The zero-order valence-corrected chi connectivity index (χ0v) is 12.3. The van der Waals surface area contributed by atoms with Gasteiger partial charge in [0.05, 0.1) is 17.8 Å². The lowest BCUT2D eigenvalue weighted by molar-refractivity contribution is -0.136. The Hall–Kier alpha value is -2.75. The molecule has 1 N–H and O–H groups in total. The van der Waals surface area contributed by atoms with Crippen LogP contribution in [0.4, 0.5) is 0 Å². The van der Waals surface area contributed by atoms with Gasteiger partial charge in [0.15, 0.2) is 5.82 Å². The smallest absolute Gasteiger partial charge is 0.307 e. The molecule has 0 radical (unpaired) electrons. The van der Waals surface area contributed by atoms with Gasteiger partial charge in [0.1, 0.15) is 11.6 Å². The number of carboxylic acids is 1. The van der Waals surface area contributed by atoms with Crippen LogP contribution in [0.2, 0.25) is 0 Å². The topological polar surface area (TPSA) is 105 Å². The molecule has 0 aliphatic rings. The van der Waals surface area contributed by atoms with Crippen molar-refractivity contribution >= 4 is 5.97 Å². The third-order valence-corrected chi connectivity index (χ3v) is 3.52. The van der Waals surface area contributed by atoms with Crippen LogP contribution in [0.3, 0.4) is 0 Å². The monoisotopic (exact) mass is 285 g/mol. The van der Waals surface area contributed by atoms with E-state index in [0.29, 0.717) is 34.0 Å². The van der Waals surface area contributed by atoms with Gasteiger partial charge in [-0.05, 0) is 33.3 Å². The molecule has 0 amide bonds. The Bertz CT molecular complexity index is 771. The second kappa shape index (κ2) is 5.32. The first-order valence-electron chi connectivity index (χ1n) is 6.38. The zero-order valence-electron chi connectivity index (χ0n) is 12.3. The fraction of sp³-hybridized carbons (Fsp3) is 0.357. The number of hydrogen-bond donors (Lipinski definition) is 1. The lowest BCUT2D eigenvalue weighted by atomic mass is 10.1. The summed E-state index contributed by atoms with van der Waals surface area (Å²) in [5.41, 5.74) is 3.72. The van der Waals surface area contributed by atoms with Crippen LogP contribution < -0.4 is 0 Å². The summed E-state index contributed by atoms with van der Waals surface area (Å²) in [6, 6.07) is 2.12. The van der Waals surface area contributed by atoms with Gasteiger partial charge in [0.2, 0.25) is 0 Å². The summed E-state index contributed by atoms with van der Waals surface area (Å²) < 4.78 is 1.49. The molecule has 0 atom stereocenters. The van der Waals surface area contributed by atoms with Gasteiger partial charge in [-0.3, -0.25) is 4.79 Å². The maximum atomic E-state index is 10.9. The molecule has 7 nitrogen and oxygen atoms in total. The maximum absolute atomic E-state index is 10.9. The molecular weight excluding hydrogens is 270 g/mol. The molecule has 7 heteroatoms. The van der Waals surface area contributed by atoms with Crippen molar-refractivity contribution in [1.82, 2.24) is 20.0 Å². The van der Waals surface area contributed by atoms with Gasteiger partial charge >= 0.3 is 5.97 Å². The number of aliphatic carboxylic acids is 1. The minimum atomic E-state index is -0.924. The lowest BCUT2D eigenvalue weighted by Crippen LogP contribution is -2.10. The Balaban J connectivity index is 2.67. The molecule has 108 valence electrons. The van der Waals surface area contributed by atoms with E-state index in [-0.39, 0.29) is 6.42 Å². The van der Waals surface area contributed by atoms with E-state index in [0.717, 1.165) is 5.56 Å². The maximum Gasteiger partial charge on any atom is 0.307 e. The van der Waals surface area contributed by atoms with Crippen molar-refractivity contribution in [2.75, 3.05) is 0 Å². The van der Waals surface area contributed by atoms with E-state index in [4.69, 9.17) is 5.11 Å². The summed E-state index contributed by atoms with van der Waals surface area (Å²) in [6.07, 6.45) is -0.113. The molecule has 0 unspecified atom stereocenters. The molecule has 0 aromatic carbocycles. The molecule has 0 aliphatic heterocycles. The quantitative estimate of drug-likeness (QED) is 0.913. The highest BCUT2D eigenvalue weighted by molar-refractivity contribution is 5.71. The lowest BCUT2D eigenvalue weighted by Gasteiger charge is -2.08. The Kier molecular flexibility index (Phi) is 3.72. The van der Waals surface area contributed by atoms with E-state index >= 15 is 0 Å². The van der Waals surface area contributed by atoms with Gasteiger partial charge < -0.3 is 5.11 Å². The van der Waals surface area contributed by atoms with Gasteiger partial charge in [0, 0.05) is 11.3 Å². The van der Waals surface area contributed by atoms with Crippen molar-refractivity contribution in [3.63, 3.8) is 0 Å². The van der Waals surface area contributed by atoms with E-state index in [1.165, 1.54) is 4.68 Å². The average molecular weight is 285 g/mol. The predicted octanol–water partition coefficient (Wildman–Crippen LogP) is 1.39. The first-order valence-corrected chi connectivity index (χ1v) is 6.38. The Labute approximate surface area is 121 Å². The highest BCUT2D eigenvalue weighted by atomic mass is 16.4. The highest BCUT2D eigenvalue weighted by Crippen LogP contribution is 2.21. The van der Waals surface area contributed by atoms with Crippen LogP contribution in [-0.4, -0.2) is 31.1 Å². The summed E-state index contributed by atoms with van der Waals surface area (Å²) >= 11 is 0. The molecule has 2 heterocycles. The Morgan fingerprint density at radius 1 is 1.24 bits per heavy atom. The molecule has 21 heavy (non-hydrogen) atoms. The molecule has 0 saturated carbocycles. The van der Waals surface area contributed by atoms with Gasteiger partial charge in [-0.15, -0.1) is 5.10 Å². The van der Waals surface area contributed by atoms with E-state index < -0.39 is 5.97 Å². The molecule has 0 fully saturated rings. The number of nitriles is 1. The number of aromatic nitrogens is 4. The number of carboxylic acid groups (broad SMARTS) is 1. The predicted molar refractivity (Wildman–Crippen MR) is 74.2 cm³/mol. The first-order chi connectivity index (χ1) is 9.86. The molecule has 0 bridgehead atoms. The van der Waals surface area contributed by atoms with Crippen LogP contribution in [0.15, 0.2) is 0 Å². The average Bonchev–Trinajstić information content (AvgIpc) is 2.69. The van der Waals surface area contributed by atoms with Gasteiger partial charge in [0.25, 0.3) is 0 Å². The van der Waals surface area contributed by atoms with E-state index in [2.05, 4.69) is 21.4 Å². The van der Waals surface area contributed by atoms with Crippen LogP contribution in [0.5, 0.6) is 0 Å². The van der Waals surface area contributed by atoms with Gasteiger partial charge in [-0.1, -0.05) is 0 Å². The largest absolute Gasteiger partial charge is 0.481 e. The standard InChI is InChI=1S/C14H15N5O2/c1-7-8(2)16-17-14(12(7)6-15)19-10(4)11(5-13(20)21)9(3)18-19/h5H2,1-4H3,(H,20,21). The second-order valence-corrected chi connectivity index (χ2v) is 4.85. The second-order valence-electron chi connectivity index (χ2n) is 4.85. The minimum Gasteiger partial charge on any atom is -0.481 e. The molecule has 0 saturated heterocycles. The minimum absolute atomic E-state index is 0.113. The molecule has 2 aromatic heterocycles. The first kappa shape index (κ1) is 14.7. The van der Waals surface area contributed by atoms with Crippen molar-refractivity contribution in [2.45, 2.75) is 34.1 Å².